The first-order valence-electron chi connectivity index (χ1n) is 23.7. The lowest BCUT2D eigenvalue weighted by atomic mass is 9.76. The third-order valence-corrected chi connectivity index (χ3v) is 13.3. The van der Waals surface area contributed by atoms with E-state index in [1.165, 1.54) is 24.3 Å². The van der Waals surface area contributed by atoms with Crippen LogP contribution in [0, 0.1) is 11.8 Å². The Morgan fingerprint density at radius 1 is 0.236 bits per heavy atom. The van der Waals surface area contributed by atoms with Gasteiger partial charge in [-0.25, -0.2) is 0 Å². The van der Waals surface area contributed by atoms with E-state index in [1.807, 2.05) is 48.5 Å². The van der Waals surface area contributed by atoms with Gasteiger partial charge in [-0.05, 0) is 217 Å². The summed E-state index contributed by atoms with van der Waals surface area (Å²) < 4.78 is 0. The van der Waals surface area contributed by atoms with Crippen molar-refractivity contribution in [2.45, 2.75) is 63.2 Å². The molecule has 0 radical (unpaired) electrons. The summed E-state index contributed by atoms with van der Waals surface area (Å²) in [5, 5.41) is 118. The van der Waals surface area contributed by atoms with Crippen molar-refractivity contribution in [1.29, 1.82) is 0 Å². The van der Waals surface area contributed by atoms with Crippen molar-refractivity contribution in [3.05, 3.63) is 214 Å². The normalized spacial score (nSPS) is 12.8. The average molecular weight is 973 g/mol. The number of phenolic OH excluding ortho intramolecular Hbond substituents is 12. The lowest BCUT2D eigenvalue weighted by Crippen LogP contribution is -2.19. The molecule has 4 atom stereocenters. The molecule has 0 saturated carbocycles. The molecule has 0 aliphatic heterocycles. The molecular weight excluding hydrogens is 913 g/mol. The van der Waals surface area contributed by atoms with Crippen LogP contribution in [0.3, 0.4) is 0 Å². The van der Waals surface area contributed by atoms with E-state index >= 15 is 0 Å². The highest BCUT2D eigenvalue weighted by Crippen LogP contribution is 2.40. The van der Waals surface area contributed by atoms with E-state index in [1.54, 1.807) is 97.1 Å². The minimum atomic E-state index is -0.180. The number of hydrogen-bond donors (Lipinski definition) is 12. The Hall–Kier alpha value is -8.64. The van der Waals surface area contributed by atoms with E-state index in [0.29, 0.717) is 25.7 Å². The molecule has 0 aliphatic carbocycles. The van der Waals surface area contributed by atoms with Crippen molar-refractivity contribution >= 4 is 0 Å². The van der Waals surface area contributed by atoms with E-state index in [-0.39, 0.29) is 92.7 Å². The van der Waals surface area contributed by atoms with Gasteiger partial charge in [0, 0.05) is 0 Å². The fourth-order valence-electron chi connectivity index (χ4n) is 9.37. The van der Waals surface area contributed by atoms with Gasteiger partial charge in [-0.2, -0.15) is 0 Å². The van der Waals surface area contributed by atoms with Crippen LogP contribution in [0.1, 0.15) is 69.2 Å². The highest BCUT2D eigenvalue weighted by molar-refractivity contribution is 5.45. The quantitative estimate of drug-likeness (QED) is 0.0359. The Bertz CT molecular complexity index is 2800. The monoisotopic (exact) mass is 972 g/mol. The second kappa shape index (κ2) is 23.8. The van der Waals surface area contributed by atoms with E-state index in [4.69, 9.17) is 0 Å². The van der Waals surface area contributed by atoms with Crippen LogP contribution in [0.5, 0.6) is 69.0 Å². The second-order valence-electron chi connectivity index (χ2n) is 18.4. The first kappa shape index (κ1) is 51.2. The molecule has 12 heteroatoms. The SMILES string of the molecule is Oc1ccc(CC[C@@H](Cc2ccc(O)c(O)c2)[C@H](Cc2ccc(O)c(O)c2)c2ccc(O)cc2)cc1.Oc1ccc(CC[C@H](Cc2ccc(O)c(O)c2)[C@@H](Cc2ccc(O)c(O)c2)c2ccc(O)cc2)cc1. The Balaban J connectivity index is 0.000000211. The summed E-state index contributed by atoms with van der Waals surface area (Å²) in [5.74, 6) is -0.543. The van der Waals surface area contributed by atoms with Gasteiger partial charge in [-0.1, -0.05) is 72.8 Å². The van der Waals surface area contributed by atoms with Gasteiger partial charge in [0.2, 0.25) is 0 Å². The Morgan fingerprint density at radius 3 is 0.736 bits per heavy atom. The molecule has 0 heterocycles. The van der Waals surface area contributed by atoms with Crippen molar-refractivity contribution in [3.8, 4) is 69.0 Å². The maximum atomic E-state index is 10.1. The number of aryl methyl sites for hydroxylation is 2. The smallest absolute Gasteiger partial charge is 0.157 e. The van der Waals surface area contributed by atoms with Crippen LogP contribution in [0.4, 0.5) is 0 Å². The summed E-state index contributed by atoms with van der Waals surface area (Å²) in [6.07, 6.45) is 5.44. The maximum absolute atomic E-state index is 10.1. The molecule has 0 saturated heterocycles. The summed E-state index contributed by atoms with van der Waals surface area (Å²) in [6, 6.07) is 47.8. The zero-order chi connectivity index (χ0) is 51.3. The zero-order valence-electron chi connectivity index (χ0n) is 39.5. The van der Waals surface area contributed by atoms with Gasteiger partial charge in [0.15, 0.2) is 46.0 Å². The highest BCUT2D eigenvalue weighted by Gasteiger charge is 2.27. The van der Waals surface area contributed by atoms with Crippen LogP contribution < -0.4 is 0 Å². The van der Waals surface area contributed by atoms with Crippen LogP contribution in [-0.4, -0.2) is 61.3 Å². The highest BCUT2D eigenvalue weighted by atomic mass is 16.3. The van der Waals surface area contributed by atoms with E-state index in [0.717, 1.165) is 70.2 Å². The third-order valence-electron chi connectivity index (χ3n) is 13.3. The van der Waals surface area contributed by atoms with Gasteiger partial charge in [0.1, 0.15) is 23.0 Å². The molecule has 8 aromatic rings. The molecule has 0 aromatic heterocycles. The molecule has 12 N–H and O–H groups in total. The van der Waals surface area contributed by atoms with Crippen LogP contribution in [0.2, 0.25) is 0 Å². The molecule has 8 aromatic carbocycles. The molecule has 0 amide bonds. The number of rotatable bonds is 18. The molecule has 8 rings (SSSR count). The first-order valence-corrected chi connectivity index (χ1v) is 23.7. The molecule has 0 spiro atoms. The van der Waals surface area contributed by atoms with Crippen LogP contribution >= 0.6 is 0 Å². The van der Waals surface area contributed by atoms with E-state index < -0.39 is 0 Å². The number of hydrogen-bond acceptors (Lipinski definition) is 12. The van der Waals surface area contributed by atoms with Gasteiger partial charge in [-0.3, -0.25) is 0 Å². The number of benzene rings is 8. The Morgan fingerprint density at radius 2 is 0.472 bits per heavy atom. The maximum Gasteiger partial charge on any atom is 0.157 e. The lowest BCUT2D eigenvalue weighted by molar-refractivity contribution is 0.381. The Labute approximate surface area is 418 Å². The summed E-state index contributed by atoms with van der Waals surface area (Å²) in [7, 11) is 0. The van der Waals surface area contributed by atoms with Crippen LogP contribution in [-0.2, 0) is 38.5 Å². The minimum absolute atomic E-state index is 0.0254. The van der Waals surface area contributed by atoms with Gasteiger partial charge >= 0.3 is 0 Å². The Kier molecular flexibility index (Phi) is 16.9. The van der Waals surface area contributed by atoms with Crippen molar-refractivity contribution in [3.63, 3.8) is 0 Å². The second-order valence-corrected chi connectivity index (χ2v) is 18.4. The van der Waals surface area contributed by atoms with Gasteiger partial charge in [0.05, 0.1) is 0 Å². The molecule has 0 aliphatic rings. The predicted octanol–water partition coefficient (Wildman–Crippen LogP) is 11.5. The molecule has 0 bridgehead atoms. The van der Waals surface area contributed by atoms with Crippen molar-refractivity contribution in [1.82, 2.24) is 0 Å². The topological polar surface area (TPSA) is 243 Å². The van der Waals surface area contributed by atoms with Crippen molar-refractivity contribution < 1.29 is 61.3 Å². The molecule has 12 nitrogen and oxygen atoms in total. The molecule has 372 valence electrons. The largest absolute Gasteiger partial charge is 0.508 e. The fraction of sp³-hybridized carbons (Fsp3) is 0.200. The molecule has 0 unspecified atom stereocenters. The third kappa shape index (κ3) is 14.2. The van der Waals surface area contributed by atoms with Crippen LogP contribution in [0.25, 0.3) is 0 Å². The van der Waals surface area contributed by atoms with Crippen molar-refractivity contribution in [2.24, 2.45) is 11.8 Å². The average Bonchev–Trinajstić information content (AvgIpc) is 3.36. The lowest BCUT2D eigenvalue weighted by Gasteiger charge is -2.29. The minimum Gasteiger partial charge on any atom is -0.508 e. The van der Waals surface area contributed by atoms with Crippen LogP contribution in [0.15, 0.2) is 170 Å². The van der Waals surface area contributed by atoms with Gasteiger partial charge < -0.3 is 61.3 Å². The van der Waals surface area contributed by atoms with E-state index in [9.17, 15) is 61.3 Å². The summed E-state index contributed by atoms with van der Waals surface area (Å²) in [4.78, 5) is 0. The fourth-order valence-corrected chi connectivity index (χ4v) is 9.37. The number of aromatic hydroxyl groups is 12. The van der Waals surface area contributed by atoms with E-state index in [2.05, 4.69) is 0 Å². The standard InChI is InChI=1S/2C30H30O6/c2*31-24-9-2-19(3-10-24)1-6-23(15-20-4-13-27(33)29(35)17-20)26(22-7-11-25(32)12-8-22)16-21-5-14-28(34)30(36)18-21/h2*2-5,7-14,17-18,23,26,31-36H,1,6,15-16H2/t2*23-,26+/m10/s1. The molecular formula is C60H60O12. The molecule has 72 heavy (non-hydrogen) atoms. The zero-order valence-corrected chi connectivity index (χ0v) is 39.5. The van der Waals surface area contributed by atoms with Gasteiger partial charge in [0.25, 0.3) is 0 Å². The van der Waals surface area contributed by atoms with Gasteiger partial charge in [-0.15, -0.1) is 0 Å². The number of phenols is 12. The first-order chi connectivity index (χ1) is 34.6. The summed E-state index contributed by atoms with van der Waals surface area (Å²) >= 11 is 0. The summed E-state index contributed by atoms with van der Waals surface area (Å²) in [5.41, 5.74) is 7.64. The predicted molar refractivity (Wildman–Crippen MR) is 275 cm³/mol. The molecule has 0 fully saturated rings. The van der Waals surface area contributed by atoms with Crippen molar-refractivity contribution in [2.75, 3.05) is 0 Å². The summed E-state index contributed by atoms with van der Waals surface area (Å²) in [6.45, 7) is 0.